The van der Waals surface area contributed by atoms with E-state index >= 15 is 0 Å². The Balaban J connectivity index is 1.65. The first-order chi connectivity index (χ1) is 13.2. The molecule has 27 heavy (non-hydrogen) atoms. The molecule has 0 bridgehead atoms. The first-order valence-electron chi connectivity index (χ1n) is 8.70. The molecule has 5 nitrogen and oxygen atoms in total. The number of carbonyl (C=O) groups excluding carboxylic acids is 1. The number of carbonyl (C=O) groups is 1. The van der Waals surface area contributed by atoms with Crippen molar-refractivity contribution in [3.63, 3.8) is 0 Å². The maximum absolute atomic E-state index is 12.4. The molecule has 2 aromatic carbocycles. The van der Waals surface area contributed by atoms with Crippen LogP contribution in [0.15, 0.2) is 66.0 Å². The van der Waals surface area contributed by atoms with Gasteiger partial charge in [0.15, 0.2) is 10.9 Å². The largest absolute Gasteiger partial charge is 0.497 e. The highest BCUT2D eigenvalue weighted by Crippen LogP contribution is 2.21. The number of aromatic nitrogens is 2. The minimum atomic E-state index is -0.0746. The smallest absolute Gasteiger partial charge is 0.173 e. The topological polar surface area (TPSA) is 64.3 Å². The first kappa shape index (κ1) is 19.2. The minimum absolute atomic E-state index is 0.0332. The lowest BCUT2D eigenvalue weighted by molar-refractivity contribution is 0.102. The van der Waals surface area contributed by atoms with E-state index < -0.39 is 0 Å². The molecular formula is C21H22N2O3S. The van der Waals surface area contributed by atoms with Gasteiger partial charge in [0.1, 0.15) is 5.75 Å². The molecule has 0 amide bonds. The second-order valence-corrected chi connectivity index (χ2v) is 6.96. The van der Waals surface area contributed by atoms with Crippen molar-refractivity contribution in [2.24, 2.45) is 0 Å². The Morgan fingerprint density at radius 2 is 1.89 bits per heavy atom. The molecule has 0 unspecified atom stereocenters. The van der Waals surface area contributed by atoms with Crippen molar-refractivity contribution < 1.29 is 14.6 Å². The number of hydrogen-bond donors (Lipinski definition) is 1. The fourth-order valence-electron chi connectivity index (χ4n) is 2.75. The number of aliphatic hydroxyl groups is 1. The van der Waals surface area contributed by atoms with Crippen molar-refractivity contribution in [1.82, 2.24) is 9.55 Å². The number of nitrogens with zero attached hydrogens (tertiary/aromatic N) is 2. The summed E-state index contributed by atoms with van der Waals surface area (Å²) in [6.45, 7) is 0.633. The van der Waals surface area contributed by atoms with Gasteiger partial charge in [-0.3, -0.25) is 4.79 Å². The lowest BCUT2D eigenvalue weighted by Gasteiger charge is -2.11. The highest BCUT2D eigenvalue weighted by Gasteiger charge is 2.13. The third kappa shape index (κ3) is 4.99. The molecule has 0 atom stereocenters. The van der Waals surface area contributed by atoms with Crippen LogP contribution in [0.3, 0.4) is 0 Å². The van der Waals surface area contributed by atoms with Gasteiger partial charge in [0, 0.05) is 12.1 Å². The van der Waals surface area contributed by atoms with Crippen LogP contribution >= 0.6 is 11.8 Å². The van der Waals surface area contributed by atoms with Gasteiger partial charge >= 0.3 is 0 Å². The summed E-state index contributed by atoms with van der Waals surface area (Å²) in [5, 5.41) is 10.3. The van der Waals surface area contributed by atoms with E-state index in [0.717, 1.165) is 23.0 Å². The summed E-state index contributed by atoms with van der Waals surface area (Å²) in [7, 11) is 1.60. The summed E-state index contributed by atoms with van der Waals surface area (Å²) in [5.74, 6) is 1.05. The van der Waals surface area contributed by atoms with E-state index in [0.29, 0.717) is 17.9 Å². The third-order valence-corrected chi connectivity index (χ3v) is 5.27. The molecule has 1 aromatic heterocycles. The average molecular weight is 382 g/mol. The van der Waals surface area contributed by atoms with E-state index in [9.17, 15) is 9.90 Å². The number of benzene rings is 2. The van der Waals surface area contributed by atoms with Gasteiger partial charge in [0.05, 0.1) is 31.4 Å². The monoisotopic (exact) mass is 382 g/mol. The van der Waals surface area contributed by atoms with Crippen LogP contribution in [0.2, 0.25) is 0 Å². The van der Waals surface area contributed by atoms with E-state index in [1.54, 1.807) is 37.6 Å². The zero-order chi connectivity index (χ0) is 19.1. The zero-order valence-corrected chi connectivity index (χ0v) is 16.0. The summed E-state index contributed by atoms with van der Waals surface area (Å²) >= 11 is 1.39. The maximum atomic E-state index is 12.4. The molecule has 0 saturated heterocycles. The fraction of sp³-hybridized carbons (Fsp3) is 0.238. The quantitative estimate of drug-likeness (QED) is 0.452. The van der Waals surface area contributed by atoms with E-state index in [1.807, 2.05) is 22.8 Å². The van der Waals surface area contributed by atoms with Crippen LogP contribution in [0.1, 0.15) is 21.6 Å². The Morgan fingerprint density at radius 3 is 2.56 bits per heavy atom. The van der Waals surface area contributed by atoms with E-state index in [4.69, 9.17) is 4.74 Å². The predicted molar refractivity (Wildman–Crippen MR) is 106 cm³/mol. The molecule has 0 aliphatic rings. The molecule has 0 aliphatic heterocycles. The van der Waals surface area contributed by atoms with Crippen molar-refractivity contribution in [3.05, 3.63) is 77.6 Å². The normalized spacial score (nSPS) is 10.7. The molecule has 0 radical (unpaired) electrons. The van der Waals surface area contributed by atoms with Gasteiger partial charge in [0.2, 0.25) is 0 Å². The maximum Gasteiger partial charge on any atom is 0.173 e. The molecule has 0 aliphatic carbocycles. The zero-order valence-electron chi connectivity index (χ0n) is 15.2. The highest BCUT2D eigenvalue weighted by atomic mass is 32.2. The number of aliphatic hydroxyl groups excluding tert-OH is 1. The second kappa shape index (κ2) is 9.39. The molecule has 0 fully saturated rings. The summed E-state index contributed by atoms with van der Waals surface area (Å²) in [5.41, 5.74) is 2.62. The van der Waals surface area contributed by atoms with Crippen LogP contribution in [0, 0.1) is 0 Å². The van der Waals surface area contributed by atoms with E-state index in [1.165, 1.54) is 17.3 Å². The van der Waals surface area contributed by atoms with Gasteiger partial charge in [-0.2, -0.15) is 0 Å². The number of aryl methyl sites for hydroxylation is 1. The summed E-state index contributed by atoms with van der Waals surface area (Å²) in [4.78, 5) is 16.8. The molecule has 3 aromatic rings. The standard InChI is InChI=1S/C21H22N2O3S/c1-26-19-9-7-17(8-10-19)20(25)15-27-21-22-13-18(14-24)23(21)12-11-16-5-3-2-4-6-16/h2-10,13,24H,11-12,14-15H2,1H3. The Morgan fingerprint density at radius 1 is 1.15 bits per heavy atom. The van der Waals surface area contributed by atoms with E-state index in [2.05, 4.69) is 17.1 Å². The number of thioether (sulfide) groups is 1. The Kier molecular flexibility index (Phi) is 6.68. The first-order valence-corrected chi connectivity index (χ1v) is 9.69. The second-order valence-electron chi connectivity index (χ2n) is 6.02. The molecule has 6 heteroatoms. The lowest BCUT2D eigenvalue weighted by Crippen LogP contribution is -2.09. The number of rotatable bonds is 9. The number of Topliss-reactive ketones (excluding diaryl/α,β-unsaturated/α-hetero) is 1. The summed E-state index contributed by atoms with van der Waals surface area (Å²) < 4.78 is 7.10. The molecule has 3 rings (SSSR count). The van der Waals surface area contributed by atoms with Gasteiger partial charge in [-0.1, -0.05) is 42.1 Å². The van der Waals surface area contributed by atoms with Gasteiger partial charge in [-0.05, 0) is 36.2 Å². The molecule has 0 spiro atoms. The van der Waals surface area contributed by atoms with Crippen molar-refractivity contribution in [2.45, 2.75) is 24.7 Å². The average Bonchev–Trinajstić information content (AvgIpc) is 3.13. The predicted octanol–water partition coefficient (Wildman–Crippen LogP) is 3.60. The van der Waals surface area contributed by atoms with E-state index in [-0.39, 0.29) is 12.4 Å². The van der Waals surface area contributed by atoms with Crippen LogP contribution in [0.5, 0.6) is 5.75 Å². The Hall–Kier alpha value is -2.57. The molecule has 1 heterocycles. The Labute approximate surface area is 163 Å². The van der Waals surface area contributed by atoms with Crippen LogP contribution in [0.4, 0.5) is 0 Å². The minimum Gasteiger partial charge on any atom is -0.497 e. The van der Waals surface area contributed by atoms with Crippen molar-refractivity contribution in [1.29, 1.82) is 0 Å². The van der Waals surface area contributed by atoms with Crippen molar-refractivity contribution in [2.75, 3.05) is 12.9 Å². The molecule has 140 valence electrons. The molecular weight excluding hydrogens is 360 g/mol. The van der Waals surface area contributed by atoms with Crippen LogP contribution in [-0.4, -0.2) is 33.3 Å². The van der Waals surface area contributed by atoms with Gasteiger partial charge < -0.3 is 14.4 Å². The number of hydrogen-bond acceptors (Lipinski definition) is 5. The number of methoxy groups -OCH3 is 1. The van der Waals surface area contributed by atoms with Crippen LogP contribution in [-0.2, 0) is 19.6 Å². The van der Waals surface area contributed by atoms with Gasteiger partial charge in [0.25, 0.3) is 0 Å². The van der Waals surface area contributed by atoms with Gasteiger partial charge in [-0.15, -0.1) is 0 Å². The number of ether oxygens (including phenoxy) is 1. The SMILES string of the molecule is COc1ccc(C(=O)CSc2ncc(CO)n2CCc2ccccc2)cc1. The lowest BCUT2D eigenvalue weighted by atomic mass is 10.1. The fourth-order valence-corrected chi connectivity index (χ4v) is 3.67. The number of ketones is 1. The molecule has 0 saturated carbocycles. The van der Waals surface area contributed by atoms with Gasteiger partial charge in [-0.25, -0.2) is 4.98 Å². The third-order valence-electron chi connectivity index (χ3n) is 4.27. The molecule has 1 N–H and O–H groups in total. The summed E-state index contributed by atoms with van der Waals surface area (Å²) in [6.07, 6.45) is 2.51. The van der Waals surface area contributed by atoms with Crippen molar-refractivity contribution in [3.8, 4) is 5.75 Å². The highest BCUT2D eigenvalue weighted by molar-refractivity contribution is 7.99. The van der Waals surface area contributed by atoms with Crippen molar-refractivity contribution >= 4 is 17.5 Å². The summed E-state index contributed by atoms with van der Waals surface area (Å²) in [6, 6.07) is 17.3. The van der Waals surface area contributed by atoms with Crippen LogP contribution in [0.25, 0.3) is 0 Å². The number of imidazole rings is 1. The Bertz CT molecular complexity index is 876. The van der Waals surface area contributed by atoms with Crippen LogP contribution < -0.4 is 4.74 Å².